The van der Waals surface area contributed by atoms with Crippen LogP contribution in [0.2, 0.25) is 0 Å². The van der Waals surface area contributed by atoms with E-state index in [0.717, 1.165) is 42.9 Å². The number of aromatic nitrogens is 3. The molecule has 5 heteroatoms. The van der Waals surface area contributed by atoms with Crippen LogP contribution in [0.25, 0.3) is 5.82 Å². The molecule has 3 aromatic rings. The van der Waals surface area contributed by atoms with Gasteiger partial charge < -0.3 is 4.98 Å². The van der Waals surface area contributed by atoms with E-state index in [9.17, 15) is 4.79 Å². The van der Waals surface area contributed by atoms with Gasteiger partial charge in [-0.2, -0.15) is 0 Å². The average molecular weight is 322 g/mol. The van der Waals surface area contributed by atoms with Crippen LogP contribution in [0, 0.1) is 0 Å². The molecule has 0 bridgehead atoms. The van der Waals surface area contributed by atoms with Crippen LogP contribution in [0.3, 0.4) is 0 Å². The number of nitrogens with one attached hydrogen (secondary N) is 2. The summed E-state index contributed by atoms with van der Waals surface area (Å²) in [5.74, 6) is 0.795. The summed E-state index contributed by atoms with van der Waals surface area (Å²) >= 11 is 0. The fourth-order valence-corrected chi connectivity index (χ4v) is 3.59. The van der Waals surface area contributed by atoms with Gasteiger partial charge in [-0.05, 0) is 44.0 Å². The number of benzene rings is 1. The topological polar surface area (TPSA) is 56.8 Å². The van der Waals surface area contributed by atoms with Crippen molar-refractivity contribution in [2.24, 2.45) is 0 Å². The molecule has 1 aliphatic rings. The van der Waals surface area contributed by atoms with Gasteiger partial charge in [-0.1, -0.05) is 30.3 Å². The first kappa shape index (κ1) is 15.0. The van der Waals surface area contributed by atoms with E-state index in [1.165, 1.54) is 5.56 Å². The molecule has 0 spiro atoms. The summed E-state index contributed by atoms with van der Waals surface area (Å²) in [6, 6.07) is 14.7. The van der Waals surface area contributed by atoms with Gasteiger partial charge >= 0.3 is 0 Å². The molecule has 2 aromatic heterocycles. The van der Waals surface area contributed by atoms with Crippen molar-refractivity contribution >= 4 is 0 Å². The van der Waals surface area contributed by atoms with Crippen LogP contribution >= 0.6 is 0 Å². The highest BCUT2D eigenvalue weighted by Crippen LogP contribution is 2.22. The van der Waals surface area contributed by atoms with E-state index in [0.29, 0.717) is 6.04 Å². The molecule has 2 heterocycles. The highest BCUT2D eigenvalue weighted by Gasteiger charge is 2.27. The van der Waals surface area contributed by atoms with Gasteiger partial charge in [0.2, 0.25) is 0 Å². The summed E-state index contributed by atoms with van der Waals surface area (Å²) in [6.45, 7) is 0.913. The molecule has 0 radical (unpaired) electrons. The number of fused-ring (bicyclic) bond motifs is 1. The minimum atomic E-state index is 0.0743. The minimum absolute atomic E-state index is 0.0743. The molecule has 2 N–H and O–H groups in total. The van der Waals surface area contributed by atoms with Crippen molar-refractivity contribution in [2.45, 2.75) is 31.8 Å². The fraction of sp³-hybridized carbons (Fsp3) is 0.316. The first-order chi connectivity index (χ1) is 11.7. The molecule has 4 rings (SSSR count). The number of aromatic amines is 2. The lowest BCUT2D eigenvalue weighted by Crippen LogP contribution is -2.37. The maximum Gasteiger partial charge on any atom is 0.276 e. The Morgan fingerprint density at radius 2 is 2.04 bits per heavy atom. The third-order valence-electron chi connectivity index (χ3n) is 4.96. The van der Waals surface area contributed by atoms with E-state index < -0.39 is 0 Å². The first-order valence-corrected chi connectivity index (χ1v) is 8.43. The third kappa shape index (κ3) is 2.71. The molecule has 0 saturated carbocycles. The monoisotopic (exact) mass is 322 g/mol. The van der Waals surface area contributed by atoms with E-state index in [2.05, 4.69) is 46.3 Å². The van der Waals surface area contributed by atoms with Crippen LogP contribution in [-0.4, -0.2) is 32.8 Å². The SMILES string of the molecule is CN(Cc1ccccc1)C1CCc2[nH]n(-c3ccc[nH]3)c(=O)c2C1. The summed E-state index contributed by atoms with van der Waals surface area (Å²) < 4.78 is 1.63. The van der Waals surface area contributed by atoms with E-state index in [-0.39, 0.29) is 5.56 Å². The van der Waals surface area contributed by atoms with Crippen LogP contribution < -0.4 is 5.56 Å². The zero-order valence-electron chi connectivity index (χ0n) is 13.8. The molecule has 0 saturated heterocycles. The molecular formula is C19H22N4O. The Morgan fingerprint density at radius 3 is 2.79 bits per heavy atom. The standard InChI is InChI=1S/C19H22N4O/c1-22(13-14-6-3-2-4-7-14)15-9-10-17-16(12-15)19(24)23(21-17)18-8-5-11-20-18/h2-8,11,15,20-21H,9-10,12-13H2,1H3. The Hall–Kier alpha value is -2.53. The zero-order valence-corrected chi connectivity index (χ0v) is 13.8. The summed E-state index contributed by atoms with van der Waals surface area (Å²) in [4.78, 5) is 18.2. The van der Waals surface area contributed by atoms with E-state index in [1.807, 2.05) is 24.4 Å². The highest BCUT2D eigenvalue weighted by atomic mass is 16.1. The van der Waals surface area contributed by atoms with Crippen molar-refractivity contribution in [2.75, 3.05) is 7.05 Å². The molecule has 24 heavy (non-hydrogen) atoms. The molecule has 1 aromatic carbocycles. The van der Waals surface area contributed by atoms with Crippen molar-refractivity contribution in [3.8, 4) is 5.82 Å². The van der Waals surface area contributed by atoms with Crippen molar-refractivity contribution in [1.82, 2.24) is 19.7 Å². The third-order valence-corrected chi connectivity index (χ3v) is 4.96. The maximum absolute atomic E-state index is 12.7. The number of nitrogens with zero attached hydrogens (tertiary/aromatic N) is 2. The van der Waals surface area contributed by atoms with E-state index in [1.54, 1.807) is 4.68 Å². The van der Waals surface area contributed by atoms with Crippen molar-refractivity contribution in [1.29, 1.82) is 0 Å². The van der Waals surface area contributed by atoms with Crippen LogP contribution in [-0.2, 0) is 19.4 Å². The minimum Gasteiger partial charge on any atom is -0.347 e. The van der Waals surface area contributed by atoms with E-state index >= 15 is 0 Å². The van der Waals surface area contributed by atoms with Gasteiger partial charge in [0.05, 0.1) is 0 Å². The van der Waals surface area contributed by atoms with Gasteiger partial charge in [-0.15, -0.1) is 0 Å². The van der Waals surface area contributed by atoms with Crippen molar-refractivity contribution < 1.29 is 0 Å². The van der Waals surface area contributed by atoms with Crippen molar-refractivity contribution in [3.05, 3.63) is 75.8 Å². The van der Waals surface area contributed by atoms with Gasteiger partial charge in [0, 0.05) is 30.0 Å². The average Bonchev–Trinajstić information content (AvgIpc) is 3.24. The molecule has 0 aliphatic heterocycles. The number of hydrogen-bond acceptors (Lipinski definition) is 2. The number of rotatable bonds is 4. The van der Waals surface area contributed by atoms with Gasteiger partial charge in [0.15, 0.2) is 0 Å². The van der Waals surface area contributed by atoms with Crippen LogP contribution in [0.1, 0.15) is 23.2 Å². The smallest absolute Gasteiger partial charge is 0.276 e. The fourth-order valence-electron chi connectivity index (χ4n) is 3.59. The quantitative estimate of drug-likeness (QED) is 0.775. The van der Waals surface area contributed by atoms with Crippen LogP contribution in [0.15, 0.2) is 53.5 Å². The molecule has 5 nitrogen and oxygen atoms in total. The first-order valence-electron chi connectivity index (χ1n) is 8.43. The van der Waals surface area contributed by atoms with Gasteiger partial charge in [-0.25, -0.2) is 4.68 Å². The zero-order chi connectivity index (χ0) is 16.5. The Labute approximate surface area is 140 Å². The Kier molecular flexibility index (Phi) is 3.86. The van der Waals surface area contributed by atoms with Crippen LogP contribution in [0.4, 0.5) is 0 Å². The Balaban J connectivity index is 1.54. The van der Waals surface area contributed by atoms with E-state index in [4.69, 9.17) is 0 Å². The Bertz CT molecular complexity index is 861. The summed E-state index contributed by atoms with van der Waals surface area (Å²) in [5, 5.41) is 3.27. The second-order valence-corrected chi connectivity index (χ2v) is 6.56. The maximum atomic E-state index is 12.7. The lowest BCUT2D eigenvalue weighted by Gasteiger charge is -2.30. The number of likely N-dealkylation sites (N-methyl/N-ethyl adjacent to an activating group) is 1. The molecular weight excluding hydrogens is 300 g/mol. The Morgan fingerprint density at radius 1 is 1.21 bits per heavy atom. The summed E-state index contributed by atoms with van der Waals surface area (Å²) in [6.07, 6.45) is 4.63. The number of aryl methyl sites for hydroxylation is 1. The second kappa shape index (κ2) is 6.17. The van der Waals surface area contributed by atoms with Gasteiger partial charge in [0.1, 0.15) is 5.82 Å². The molecule has 1 unspecified atom stereocenters. The summed E-state index contributed by atoms with van der Waals surface area (Å²) in [7, 11) is 2.15. The highest BCUT2D eigenvalue weighted by molar-refractivity contribution is 5.29. The molecule has 124 valence electrons. The predicted octanol–water partition coefficient (Wildman–Crippen LogP) is 2.48. The lowest BCUT2D eigenvalue weighted by atomic mass is 9.92. The number of H-pyrrole nitrogens is 2. The predicted molar refractivity (Wildman–Crippen MR) is 94.5 cm³/mol. The largest absolute Gasteiger partial charge is 0.347 e. The molecule has 1 atom stereocenters. The molecule has 0 fully saturated rings. The van der Waals surface area contributed by atoms with Crippen LogP contribution in [0.5, 0.6) is 0 Å². The van der Waals surface area contributed by atoms with Crippen molar-refractivity contribution in [3.63, 3.8) is 0 Å². The lowest BCUT2D eigenvalue weighted by molar-refractivity contribution is 0.213. The molecule has 0 amide bonds. The molecule has 1 aliphatic carbocycles. The normalized spacial score (nSPS) is 17.2. The second-order valence-electron chi connectivity index (χ2n) is 6.56. The number of hydrogen-bond donors (Lipinski definition) is 2. The summed E-state index contributed by atoms with van der Waals surface area (Å²) in [5.41, 5.74) is 3.40. The van der Waals surface area contributed by atoms with Gasteiger partial charge in [0.25, 0.3) is 5.56 Å². The van der Waals surface area contributed by atoms with Gasteiger partial charge in [-0.3, -0.25) is 14.8 Å².